The normalized spacial score (nSPS) is 10.9. The van der Waals surface area contributed by atoms with Crippen LogP contribution < -0.4 is 15.8 Å². The van der Waals surface area contributed by atoms with Gasteiger partial charge >= 0.3 is 0 Å². The van der Waals surface area contributed by atoms with Gasteiger partial charge < -0.3 is 15.8 Å². The monoisotopic (exact) mass is 422 g/mol. The molecule has 0 aliphatic heterocycles. The molecule has 3 rings (SSSR count). The Bertz CT molecular complexity index is 1090. The number of methoxy groups -OCH3 is 1. The number of nitrogen functional groups attached to an aromatic ring is 1. The van der Waals surface area contributed by atoms with Gasteiger partial charge in [-0.25, -0.2) is 9.97 Å². The maximum Gasteiger partial charge on any atom is 0.273 e. The van der Waals surface area contributed by atoms with E-state index in [9.17, 15) is 10.1 Å². The van der Waals surface area contributed by atoms with Crippen LogP contribution in [0.1, 0.15) is 19.8 Å². The lowest BCUT2D eigenvalue weighted by molar-refractivity contribution is -0.384. The summed E-state index contributed by atoms with van der Waals surface area (Å²) in [6.45, 7) is 2.76. The molecule has 11 heteroatoms. The molecule has 3 aromatic rings. The molecule has 0 bridgehead atoms. The van der Waals surface area contributed by atoms with Crippen LogP contribution in [0.3, 0.4) is 0 Å². The third-order valence-electron chi connectivity index (χ3n) is 4.30. The Balaban J connectivity index is 2.00. The number of nitrogens with zero attached hydrogens (tertiary/aromatic N) is 6. The average molecular weight is 422 g/mol. The minimum atomic E-state index is -0.511. The van der Waals surface area contributed by atoms with E-state index in [0.29, 0.717) is 23.9 Å². The van der Waals surface area contributed by atoms with Crippen molar-refractivity contribution >= 4 is 28.7 Å². The van der Waals surface area contributed by atoms with Crippen LogP contribution in [-0.4, -0.2) is 33.5 Å². The summed E-state index contributed by atoms with van der Waals surface area (Å²) in [7, 11) is 1.40. The molecular weight excluding hydrogens is 400 g/mol. The molecule has 0 unspecified atom stereocenters. The molecule has 31 heavy (non-hydrogen) atoms. The number of hydrogen-bond acceptors (Lipinski definition) is 10. The number of nitrogens with two attached hydrogens (primary N) is 1. The minimum absolute atomic E-state index is 0.109. The molecule has 0 saturated heterocycles. The second-order valence-corrected chi connectivity index (χ2v) is 6.46. The van der Waals surface area contributed by atoms with Gasteiger partial charge in [0.15, 0.2) is 28.9 Å². The number of nitrogens with one attached hydrogen (secondary N) is 1. The van der Waals surface area contributed by atoms with Gasteiger partial charge in [-0.2, -0.15) is 0 Å². The molecule has 0 saturated carbocycles. The van der Waals surface area contributed by atoms with E-state index in [1.54, 1.807) is 24.5 Å². The van der Waals surface area contributed by atoms with Crippen LogP contribution in [0.4, 0.5) is 28.7 Å². The van der Waals surface area contributed by atoms with Gasteiger partial charge in [0.1, 0.15) is 5.69 Å². The standard InChI is InChI=1S/C20H22N8O3/c1-3-4-9-23-20-17(18(21)24-19(25-20)13-7-10-22-11-8-13)27-26-15-6-5-14(28(29)30)12-16(15)31-2/h5-8,10-12H,3-4,9H2,1-2H3,(H3,21,23,24,25). The fourth-order valence-electron chi connectivity index (χ4n) is 2.67. The van der Waals surface area contributed by atoms with Crippen LogP contribution in [0, 0.1) is 10.1 Å². The molecule has 2 aromatic heterocycles. The SMILES string of the molecule is CCCCNc1nc(-c2ccncc2)nc(N)c1N=Nc1ccc([N+](=O)[O-])cc1OC. The number of benzene rings is 1. The zero-order valence-corrected chi connectivity index (χ0v) is 17.1. The Hall–Kier alpha value is -4.15. The quantitative estimate of drug-likeness (QED) is 0.218. The molecule has 0 aliphatic carbocycles. The second-order valence-electron chi connectivity index (χ2n) is 6.46. The number of pyridine rings is 1. The summed E-state index contributed by atoms with van der Waals surface area (Å²) in [6, 6.07) is 7.62. The summed E-state index contributed by atoms with van der Waals surface area (Å²) >= 11 is 0. The van der Waals surface area contributed by atoms with Crippen LogP contribution in [0.15, 0.2) is 53.0 Å². The van der Waals surface area contributed by atoms with Crippen LogP contribution in [0.2, 0.25) is 0 Å². The minimum Gasteiger partial charge on any atom is -0.494 e. The zero-order valence-electron chi connectivity index (χ0n) is 17.1. The van der Waals surface area contributed by atoms with Crippen molar-refractivity contribution in [1.29, 1.82) is 0 Å². The van der Waals surface area contributed by atoms with Gasteiger partial charge in [-0.15, -0.1) is 10.2 Å². The van der Waals surface area contributed by atoms with Gasteiger partial charge in [-0.05, 0) is 24.6 Å². The van der Waals surface area contributed by atoms with E-state index in [2.05, 4.69) is 37.4 Å². The van der Waals surface area contributed by atoms with Crippen molar-refractivity contribution < 1.29 is 9.66 Å². The topological polar surface area (TPSA) is 154 Å². The predicted molar refractivity (Wildman–Crippen MR) is 117 cm³/mol. The highest BCUT2D eigenvalue weighted by Crippen LogP contribution is 2.36. The maximum absolute atomic E-state index is 11.0. The fourth-order valence-corrected chi connectivity index (χ4v) is 2.67. The van der Waals surface area contributed by atoms with E-state index < -0.39 is 4.92 Å². The third-order valence-corrected chi connectivity index (χ3v) is 4.30. The van der Waals surface area contributed by atoms with Gasteiger partial charge in [0.25, 0.3) is 5.69 Å². The highest BCUT2D eigenvalue weighted by atomic mass is 16.6. The van der Waals surface area contributed by atoms with Crippen LogP contribution in [-0.2, 0) is 0 Å². The Morgan fingerprint density at radius 1 is 1.19 bits per heavy atom. The first-order chi connectivity index (χ1) is 15.0. The second kappa shape index (κ2) is 10.1. The molecule has 3 N–H and O–H groups in total. The van der Waals surface area contributed by atoms with Crippen molar-refractivity contribution in [2.24, 2.45) is 10.2 Å². The molecule has 1 aromatic carbocycles. The lowest BCUT2D eigenvalue weighted by Crippen LogP contribution is -2.07. The fraction of sp³-hybridized carbons (Fsp3) is 0.250. The number of azo groups is 1. The van der Waals surface area contributed by atoms with Crippen LogP contribution >= 0.6 is 0 Å². The van der Waals surface area contributed by atoms with Crippen molar-refractivity contribution in [2.45, 2.75) is 19.8 Å². The van der Waals surface area contributed by atoms with Crippen molar-refractivity contribution in [3.63, 3.8) is 0 Å². The van der Waals surface area contributed by atoms with E-state index in [1.807, 2.05) is 0 Å². The first-order valence-electron chi connectivity index (χ1n) is 9.59. The number of rotatable bonds is 9. The summed E-state index contributed by atoms with van der Waals surface area (Å²) in [5, 5.41) is 22.6. The van der Waals surface area contributed by atoms with E-state index in [0.717, 1.165) is 18.4 Å². The smallest absolute Gasteiger partial charge is 0.273 e. The highest BCUT2D eigenvalue weighted by molar-refractivity contribution is 5.75. The first-order valence-corrected chi connectivity index (χ1v) is 9.59. The lowest BCUT2D eigenvalue weighted by atomic mass is 10.2. The predicted octanol–water partition coefficient (Wildman–Crippen LogP) is 4.67. The van der Waals surface area contributed by atoms with Crippen LogP contribution in [0.25, 0.3) is 11.4 Å². The van der Waals surface area contributed by atoms with E-state index in [4.69, 9.17) is 10.5 Å². The molecule has 0 amide bonds. The first kappa shape index (κ1) is 21.6. The Morgan fingerprint density at radius 3 is 2.65 bits per heavy atom. The van der Waals surface area contributed by atoms with Crippen molar-refractivity contribution in [1.82, 2.24) is 15.0 Å². The number of unbranched alkanes of at least 4 members (excludes halogenated alkanes) is 1. The largest absolute Gasteiger partial charge is 0.494 e. The van der Waals surface area contributed by atoms with Crippen molar-refractivity contribution in [3.05, 3.63) is 52.8 Å². The molecule has 0 fully saturated rings. The van der Waals surface area contributed by atoms with E-state index in [1.165, 1.54) is 25.3 Å². The zero-order chi connectivity index (χ0) is 22.2. The van der Waals surface area contributed by atoms with Gasteiger partial charge in [0.2, 0.25) is 0 Å². The number of nitro benzene ring substituents is 1. The number of hydrogen-bond donors (Lipinski definition) is 2. The average Bonchev–Trinajstić information content (AvgIpc) is 2.79. The molecule has 0 aliphatic rings. The van der Waals surface area contributed by atoms with E-state index >= 15 is 0 Å². The Kier molecular flexibility index (Phi) is 6.99. The van der Waals surface area contributed by atoms with Crippen molar-refractivity contribution in [3.8, 4) is 17.1 Å². The number of ether oxygens (including phenoxy) is 1. The Labute approximate surface area is 178 Å². The van der Waals surface area contributed by atoms with E-state index in [-0.39, 0.29) is 22.9 Å². The summed E-state index contributed by atoms with van der Waals surface area (Å²) in [5.41, 5.74) is 7.42. The third kappa shape index (κ3) is 5.26. The van der Waals surface area contributed by atoms with Crippen molar-refractivity contribution in [2.75, 3.05) is 24.7 Å². The van der Waals surface area contributed by atoms with Gasteiger partial charge in [-0.3, -0.25) is 15.1 Å². The molecule has 0 radical (unpaired) electrons. The van der Waals surface area contributed by atoms with Gasteiger partial charge in [0, 0.05) is 30.6 Å². The highest BCUT2D eigenvalue weighted by Gasteiger charge is 2.15. The molecule has 160 valence electrons. The summed E-state index contributed by atoms with van der Waals surface area (Å²) < 4.78 is 5.20. The van der Waals surface area contributed by atoms with Gasteiger partial charge in [0.05, 0.1) is 18.1 Å². The number of nitro groups is 1. The Morgan fingerprint density at radius 2 is 1.97 bits per heavy atom. The number of non-ortho nitro benzene ring substituents is 1. The maximum atomic E-state index is 11.0. The summed E-state index contributed by atoms with van der Waals surface area (Å²) in [6.07, 6.45) is 5.23. The molecule has 0 spiro atoms. The summed E-state index contributed by atoms with van der Waals surface area (Å²) in [4.78, 5) is 23.4. The molecule has 11 nitrogen and oxygen atoms in total. The molecule has 0 atom stereocenters. The summed E-state index contributed by atoms with van der Waals surface area (Å²) in [5.74, 6) is 1.24. The molecular formula is C20H22N8O3. The van der Waals surface area contributed by atoms with Crippen LogP contribution in [0.5, 0.6) is 5.75 Å². The number of anilines is 2. The van der Waals surface area contributed by atoms with Gasteiger partial charge in [-0.1, -0.05) is 13.3 Å². The lowest BCUT2D eigenvalue weighted by Gasteiger charge is -2.11. The molecule has 2 heterocycles. The number of aromatic nitrogens is 3.